The molecular formula is C29H45NS. The van der Waals surface area contributed by atoms with Crippen molar-refractivity contribution in [1.82, 2.24) is 4.98 Å². The van der Waals surface area contributed by atoms with Crippen molar-refractivity contribution in [1.29, 1.82) is 0 Å². The molecule has 0 saturated carbocycles. The molecule has 0 spiro atoms. The summed E-state index contributed by atoms with van der Waals surface area (Å²) in [5.41, 5.74) is 3.69. The molecular weight excluding hydrogens is 394 g/mol. The molecule has 0 amide bonds. The van der Waals surface area contributed by atoms with Gasteiger partial charge in [0.25, 0.3) is 0 Å². The Hall–Kier alpha value is -1.28. The Balaban J connectivity index is 1.63. The lowest BCUT2D eigenvalue weighted by molar-refractivity contribution is 0.575. The Morgan fingerprint density at radius 3 is 1.77 bits per heavy atom. The van der Waals surface area contributed by atoms with Gasteiger partial charge in [-0.2, -0.15) is 0 Å². The highest BCUT2D eigenvalue weighted by molar-refractivity contribution is 7.99. The molecule has 0 saturated heterocycles. The van der Waals surface area contributed by atoms with Crippen LogP contribution in [0.25, 0.3) is 11.3 Å². The van der Waals surface area contributed by atoms with E-state index >= 15 is 0 Å². The van der Waals surface area contributed by atoms with E-state index in [2.05, 4.69) is 56.4 Å². The molecule has 2 aromatic rings. The molecule has 0 radical (unpaired) electrons. The number of rotatable bonds is 18. The summed E-state index contributed by atoms with van der Waals surface area (Å²) < 4.78 is 0. The first-order valence-electron chi connectivity index (χ1n) is 13.0. The number of thioether (sulfide) groups is 1. The van der Waals surface area contributed by atoms with Crippen molar-refractivity contribution in [3.8, 4) is 11.3 Å². The highest BCUT2D eigenvalue weighted by Crippen LogP contribution is 2.24. The molecule has 0 aliphatic heterocycles. The van der Waals surface area contributed by atoms with E-state index in [1.54, 1.807) is 0 Å². The molecule has 0 aliphatic carbocycles. The second-order valence-corrected chi connectivity index (χ2v) is 10.1. The second kappa shape index (κ2) is 17.3. The Bertz CT molecular complexity index is 662. The maximum absolute atomic E-state index is 4.73. The minimum absolute atomic E-state index is 1.09. The lowest BCUT2D eigenvalue weighted by Gasteiger charge is -2.06. The van der Waals surface area contributed by atoms with Gasteiger partial charge in [0, 0.05) is 16.7 Å². The van der Waals surface area contributed by atoms with Crippen molar-refractivity contribution in [2.45, 2.75) is 115 Å². The molecule has 1 nitrogen and oxygen atoms in total. The van der Waals surface area contributed by atoms with Gasteiger partial charge in [0.05, 0.1) is 5.69 Å². The summed E-state index contributed by atoms with van der Waals surface area (Å²) in [7, 11) is 0. The van der Waals surface area contributed by atoms with Crippen LogP contribution in [0.2, 0.25) is 0 Å². The summed E-state index contributed by atoms with van der Waals surface area (Å²) in [5, 5.41) is 0. The fourth-order valence-electron chi connectivity index (χ4n) is 4.00. The quantitative estimate of drug-likeness (QED) is 0.169. The number of unbranched alkanes of at least 4 members (excludes halogenated alkanes) is 12. The number of hydrogen-bond donors (Lipinski definition) is 0. The summed E-state index contributed by atoms with van der Waals surface area (Å²) in [6.45, 7) is 4.56. The summed E-state index contributed by atoms with van der Waals surface area (Å²) in [5.74, 6) is 1.23. The van der Waals surface area contributed by atoms with E-state index in [-0.39, 0.29) is 0 Å². The van der Waals surface area contributed by atoms with E-state index in [0.717, 1.165) is 12.1 Å². The van der Waals surface area contributed by atoms with Gasteiger partial charge in [0.1, 0.15) is 0 Å². The molecule has 0 aliphatic rings. The van der Waals surface area contributed by atoms with Crippen LogP contribution < -0.4 is 0 Å². The molecule has 31 heavy (non-hydrogen) atoms. The van der Waals surface area contributed by atoms with Crippen LogP contribution in [0.4, 0.5) is 0 Å². The van der Waals surface area contributed by atoms with Crippen molar-refractivity contribution in [2.24, 2.45) is 0 Å². The normalized spacial score (nSPS) is 11.2. The lowest BCUT2D eigenvalue weighted by atomic mass is 10.0. The largest absolute Gasteiger partial charge is 0.256 e. The van der Waals surface area contributed by atoms with Gasteiger partial charge in [-0.25, -0.2) is 0 Å². The van der Waals surface area contributed by atoms with Crippen LogP contribution >= 0.6 is 11.8 Å². The predicted octanol–water partition coefficient (Wildman–Crippen LogP) is 9.88. The topological polar surface area (TPSA) is 12.9 Å². The number of pyridine rings is 1. The zero-order valence-electron chi connectivity index (χ0n) is 20.2. The van der Waals surface area contributed by atoms with E-state index in [1.807, 2.05) is 11.8 Å². The minimum atomic E-state index is 1.09. The Labute approximate surface area is 196 Å². The third kappa shape index (κ3) is 11.8. The van der Waals surface area contributed by atoms with Gasteiger partial charge in [-0.15, -0.1) is 11.8 Å². The average Bonchev–Trinajstić information content (AvgIpc) is 2.81. The van der Waals surface area contributed by atoms with Crippen LogP contribution in [0.1, 0.15) is 109 Å². The van der Waals surface area contributed by atoms with Crippen LogP contribution in [-0.2, 0) is 6.42 Å². The molecule has 172 valence electrons. The van der Waals surface area contributed by atoms with Crippen LogP contribution in [0, 0.1) is 0 Å². The zero-order chi connectivity index (χ0) is 22.0. The van der Waals surface area contributed by atoms with Gasteiger partial charge in [0.2, 0.25) is 0 Å². The van der Waals surface area contributed by atoms with Crippen LogP contribution in [0.3, 0.4) is 0 Å². The Morgan fingerprint density at radius 1 is 0.613 bits per heavy atom. The smallest absolute Gasteiger partial charge is 0.0702 e. The lowest BCUT2D eigenvalue weighted by Crippen LogP contribution is -1.90. The maximum atomic E-state index is 4.73. The van der Waals surface area contributed by atoms with E-state index in [1.165, 1.54) is 112 Å². The van der Waals surface area contributed by atoms with E-state index < -0.39 is 0 Å². The summed E-state index contributed by atoms with van der Waals surface area (Å²) in [6.07, 6.45) is 22.5. The highest BCUT2D eigenvalue weighted by Gasteiger charge is 2.02. The molecule has 1 aromatic carbocycles. The molecule has 0 unspecified atom stereocenters. The van der Waals surface area contributed by atoms with Gasteiger partial charge in [-0.1, -0.05) is 109 Å². The van der Waals surface area contributed by atoms with Crippen molar-refractivity contribution in [3.63, 3.8) is 0 Å². The summed E-state index contributed by atoms with van der Waals surface area (Å²) in [4.78, 5) is 6.11. The SMILES string of the molecule is CCCCCCCCCCc1ccc(-c2ccc(SCCCCCCCC)cc2)nc1. The van der Waals surface area contributed by atoms with Crippen molar-refractivity contribution in [3.05, 3.63) is 48.2 Å². The van der Waals surface area contributed by atoms with E-state index in [4.69, 9.17) is 4.98 Å². The minimum Gasteiger partial charge on any atom is -0.256 e. The van der Waals surface area contributed by atoms with Gasteiger partial charge < -0.3 is 0 Å². The summed E-state index contributed by atoms with van der Waals surface area (Å²) in [6, 6.07) is 13.4. The van der Waals surface area contributed by atoms with Crippen molar-refractivity contribution < 1.29 is 0 Å². The number of benzene rings is 1. The van der Waals surface area contributed by atoms with Gasteiger partial charge in [-0.3, -0.25) is 4.98 Å². The summed E-state index contributed by atoms with van der Waals surface area (Å²) >= 11 is 1.99. The second-order valence-electron chi connectivity index (χ2n) is 8.92. The van der Waals surface area contributed by atoms with Crippen LogP contribution in [0.15, 0.2) is 47.5 Å². The third-order valence-corrected chi connectivity index (χ3v) is 7.16. The van der Waals surface area contributed by atoms with Gasteiger partial charge in [-0.05, 0) is 48.8 Å². The molecule has 2 rings (SSSR count). The van der Waals surface area contributed by atoms with Crippen molar-refractivity contribution >= 4 is 11.8 Å². The van der Waals surface area contributed by atoms with Gasteiger partial charge >= 0.3 is 0 Å². The Kier molecular flexibility index (Phi) is 14.5. The Morgan fingerprint density at radius 2 is 1.19 bits per heavy atom. The number of hydrogen-bond acceptors (Lipinski definition) is 2. The molecule has 0 N–H and O–H groups in total. The monoisotopic (exact) mass is 439 g/mol. The number of aromatic nitrogens is 1. The van der Waals surface area contributed by atoms with E-state index in [0.29, 0.717) is 0 Å². The highest BCUT2D eigenvalue weighted by atomic mass is 32.2. The molecule has 2 heteroatoms. The first kappa shape index (κ1) is 26.0. The average molecular weight is 440 g/mol. The van der Waals surface area contributed by atoms with E-state index in [9.17, 15) is 0 Å². The molecule has 0 atom stereocenters. The molecule has 0 fully saturated rings. The molecule has 1 aromatic heterocycles. The number of aryl methyl sites for hydroxylation is 1. The van der Waals surface area contributed by atoms with Crippen molar-refractivity contribution in [2.75, 3.05) is 5.75 Å². The molecule has 1 heterocycles. The van der Waals surface area contributed by atoms with Crippen LogP contribution in [-0.4, -0.2) is 10.7 Å². The molecule has 0 bridgehead atoms. The zero-order valence-corrected chi connectivity index (χ0v) is 21.0. The van der Waals surface area contributed by atoms with Crippen LogP contribution in [0.5, 0.6) is 0 Å². The predicted molar refractivity (Wildman–Crippen MR) is 140 cm³/mol. The third-order valence-electron chi connectivity index (χ3n) is 6.06. The number of nitrogens with zero attached hydrogens (tertiary/aromatic N) is 1. The fraction of sp³-hybridized carbons (Fsp3) is 0.621. The fourth-order valence-corrected chi connectivity index (χ4v) is 4.91. The first-order valence-corrected chi connectivity index (χ1v) is 14.0. The maximum Gasteiger partial charge on any atom is 0.0702 e. The first-order chi connectivity index (χ1) is 15.3. The standard InChI is InChI=1S/C29H45NS/c1-3-5-7-9-11-12-13-15-17-26-18-23-29(30-25-26)27-19-21-28(22-20-27)31-24-16-14-10-8-6-4-2/h18-23,25H,3-17,24H2,1-2H3. The van der Waals surface area contributed by atoms with Gasteiger partial charge in [0.15, 0.2) is 0 Å².